The lowest BCUT2D eigenvalue weighted by Crippen LogP contribution is -2.57. The van der Waals surface area contributed by atoms with E-state index in [1.165, 1.54) is 12.7 Å². The number of amides is 1. The van der Waals surface area contributed by atoms with E-state index in [2.05, 4.69) is 4.72 Å². The molecule has 0 spiro atoms. The number of likely N-dealkylation sites (tertiary alicyclic amines) is 1. The first-order valence-electron chi connectivity index (χ1n) is 9.61. The number of carbonyl (C=O) groups excluding carboxylic acids is 1. The molecule has 5 rings (SSSR count). The molecular weight excluding hydrogens is 340 g/mol. The van der Waals surface area contributed by atoms with Crippen LogP contribution in [-0.2, 0) is 14.8 Å². The highest BCUT2D eigenvalue weighted by Gasteiger charge is 2.57. The van der Waals surface area contributed by atoms with Crippen LogP contribution in [0.5, 0.6) is 0 Å². The van der Waals surface area contributed by atoms with Crippen LogP contribution in [0.3, 0.4) is 0 Å². The van der Waals surface area contributed by atoms with Gasteiger partial charge < -0.3 is 10.0 Å². The summed E-state index contributed by atoms with van der Waals surface area (Å²) in [6.07, 6.45) is 9.31. The Bertz CT molecular complexity index is 648. The van der Waals surface area contributed by atoms with E-state index in [-0.39, 0.29) is 17.4 Å². The molecule has 0 aromatic carbocycles. The van der Waals surface area contributed by atoms with Crippen LogP contribution in [0.15, 0.2) is 0 Å². The van der Waals surface area contributed by atoms with Crippen LogP contribution in [0.25, 0.3) is 0 Å². The Labute approximate surface area is 150 Å². The Morgan fingerprint density at radius 2 is 1.92 bits per heavy atom. The minimum atomic E-state index is -3.25. The summed E-state index contributed by atoms with van der Waals surface area (Å²) in [4.78, 5) is 14.8. The number of piperidine rings is 1. The molecule has 3 atom stereocenters. The van der Waals surface area contributed by atoms with Gasteiger partial charge in [-0.05, 0) is 68.6 Å². The van der Waals surface area contributed by atoms with Gasteiger partial charge in [0.15, 0.2) is 0 Å². The highest BCUT2D eigenvalue weighted by Crippen LogP contribution is 2.62. The molecule has 1 heterocycles. The fourth-order valence-electron chi connectivity index (χ4n) is 6.64. The van der Waals surface area contributed by atoms with Crippen LogP contribution in [0.1, 0.15) is 57.8 Å². The number of hydrogen-bond donors (Lipinski definition) is 2. The van der Waals surface area contributed by atoms with Crippen LogP contribution in [0, 0.1) is 17.3 Å². The van der Waals surface area contributed by atoms with Gasteiger partial charge in [-0.1, -0.05) is 0 Å². The fourth-order valence-corrected chi connectivity index (χ4v) is 7.44. The number of carbonyl (C=O) groups is 1. The van der Waals surface area contributed by atoms with Crippen molar-refractivity contribution in [3.63, 3.8) is 0 Å². The second-order valence-electron chi connectivity index (χ2n) is 9.43. The molecule has 4 bridgehead atoms. The lowest BCUT2D eigenvalue weighted by Gasteiger charge is -2.60. The average Bonchev–Trinajstić information content (AvgIpc) is 2.42. The summed E-state index contributed by atoms with van der Waals surface area (Å²) in [7, 11) is -3.25. The first kappa shape index (κ1) is 17.7. The van der Waals surface area contributed by atoms with Gasteiger partial charge >= 0.3 is 0 Å². The summed E-state index contributed by atoms with van der Waals surface area (Å²) in [6, 6.07) is -0.173. The molecule has 1 saturated heterocycles. The van der Waals surface area contributed by atoms with E-state index in [9.17, 15) is 18.3 Å². The maximum atomic E-state index is 13.0. The van der Waals surface area contributed by atoms with E-state index in [1.54, 1.807) is 0 Å². The fraction of sp³-hybridized carbons (Fsp3) is 0.944. The van der Waals surface area contributed by atoms with Crippen molar-refractivity contribution >= 4 is 15.9 Å². The van der Waals surface area contributed by atoms with Gasteiger partial charge in [0.1, 0.15) is 0 Å². The molecule has 0 aromatic rings. The number of rotatable bonds is 4. The largest absolute Gasteiger partial charge is 0.390 e. The first-order chi connectivity index (χ1) is 11.6. The topological polar surface area (TPSA) is 86.7 Å². The Morgan fingerprint density at radius 3 is 2.52 bits per heavy atom. The average molecular weight is 371 g/mol. The van der Waals surface area contributed by atoms with Crippen LogP contribution in [0.4, 0.5) is 0 Å². The zero-order chi connectivity index (χ0) is 17.9. The molecule has 7 heteroatoms. The lowest BCUT2D eigenvalue weighted by molar-refractivity contribution is -0.172. The van der Waals surface area contributed by atoms with Gasteiger partial charge in [-0.2, -0.15) is 0 Å². The van der Waals surface area contributed by atoms with Gasteiger partial charge in [-0.25, -0.2) is 13.1 Å². The zero-order valence-corrected chi connectivity index (χ0v) is 15.9. The number of nitrogens with zero attached hydrogens (tertiary/aromatic N) is 1. The van der Waals surface area contributed by atoms with Crippen LogP contribution in [-0.4, -0.2) is 55.3 Å². The van der Waals surface area contributed by atoms with Crippen LogP contribution in [0.2, 0.25) is 0 Å². The predicted octanol–water partition coefficient (Wildman–Crippen LogP) is 1.25. The standard InChI is InChI=1S/C18H30N2O4S/c1-25(23,24)19-15-3-2-4-20(11-15)16(21)10-17-6-13-5-14(7-17)9-18(22,8-13)12-17/h13-15,19,22H,2-12H2,1H3/t13-,14-,15-,17?,18?/m1/s1. The highest BCUT2D eigenvalue weighted by molar-refractivity contribution is 7.88. The SMILES string of the molecule is CS(=O)(=O)N[C@@H]1CCCN(C(=O)CC23C[C@H]4C[C@@H](CC(O)(C4)C2)C3)C1. The highest BCUT2D eigenvalue weighted by atomic mass is 32.2. The van der Waals surface area contributed by atoms with Gasteiger partial charge in [0.25, 0.3) is 0 Å². The predicted molar refractivity (Wildman–Crippen MR) is 94.3 cm³/mol. The van der Waals surface area contributed by atoms with E-state index in [4.69, 9.17) is 0 Å². The van der Waals surface area contributed by atoms with Crippen molar-refractivity contribution in [1.82, 2.24) is 9.62 Å². The monoisotopic (exact) mass is 370 g/mol. The second kappa shape index (κ2) is 5.92. The van der Waals surface area contributed by atoms with Gasteiger partial charge in [0.2, 0.25) is 15.9 Å². The Balaban J connectivity index is 1.42. The zero-order valence-electron chi connectivity index (χ0n) is 15.0. The molecule has 1 amide bonds. The molecule has 25 heavy (non-hydrogen) atoms. The maximum absolute atomic E-state index is 13.0. The van der Waals surface area contributed by atoms with Gasteiger partial charge in [-0.15, -0.1) is 0 Å². The minimum Gasteiger partial charge on any atom is -0.390 e. The Morgan fingerprint density at radius 1 is 1.24 bits per heavy atom. The summed E-state index contributed by atoms with van der Waals surface area (Å²) in [5.74, 6) is 1.31. The normalized spacial score (nSPS) is 43.4. The van der Waals surface area contributed by atoms with E-state index in [0.717, 1.165) is 44.9 Å². The van der Waals surface area contributed by atoms with Crippen molar-refractivity contribution in [3.05, 3.63) is 0 Å². The van der Waals surface area contributed by atoms with Crippen molar-refractivity contribution in [2.24, 2.45) is 17.3 Å². The molecule has 0 aromatic heterocycles. The van der Waals surface area contributed by atoms with Crippen molar-refractivity contribution in [3.8, 4) is 0 Å². The number of nitrogens with one attached hydrogen (secondary N) is 1. The quantitative estimate of drug-likeness (QED) is 0.780. The van der Waals surface area contributed by atoms with Gasteiger partial charge in [-0.3, -0.25) is 4.79 Å². The van der Waals surface area contributed by atoms with Crippen molar-refractivity contribution < 1.29 is 18.3 Å². The van der Waals surface area contributed by atoms with Crippen molar-refractivity contribution in [1.29, 1.82) is 0 Å². The minimum absolute atomic E-state index is 0.0207. The molecule has 4 aliphatic carbocycles. The molecule has 0 unspecified atom stereocenters. The third-order valence-electron chi connectivity index (χ3n) is 6.83. The molecular formula is C18H30N2O4S. The number of hydrogen-bond acceptors (Lipinski definition) is 4. The van der Waals surface area contributed by atoms with Gasteiger partial charge in [0, 0.05) is 25.6 Å². The van der Waals surface area contributed by atoms with Crippen LogP contribution < -0.4 is 4.72 Å². The smallest absolute Gasteiger partial charge is 0.223 e. The first-order valence-corrected chi connectivity index (χ1v) is 11.5. The molecule has 2 N–H and O–H groups in total. The molecule has 5 aliphatic rings. The van der Waals surface area contributed by atoms with Crippen molar-refractivity contribution in [2.75, 3.05) is 19.3 Å². The lowest BCUT2D eigenvalue weighted by atomic mass is 9.47. The second-order valence-corrected chi connectivity index (χ2v) is 11.2. The summed E-state index contributed by atoms with van der Waals surface area (Å²) in [5, 5.41) is 10.9. The van der Waals surface area contributed by atoms with Crippen molar-refractivity contribution in [2.45, 2.75) is 69.4 Å². The van der Waals surface area contributed by atoms with Gasteiger partial charge in [0.05, 0.1) is 11.9 Å². The van der Waals surface area contributed by atoms with E-state index in [1.807, 2.05) is 4.90 Å². The summed E-state index contributed by atoms with van der Waals surface area (Å²) in [5.41, 5.74) is -0.556. The number of aliphatic hydroxyl groups is 1. The molecule has 142 valence electrons. The molecule has 6 nitrogen and oxygen atoms in total. The third kappa shape index (κ3) is 3.74. The van der Waals surface area contributed by atoms with E-state index >= 15 is 0 Å². The summed E-state index contributed by atoms with van der Waals surface area (Å²) >= 11 is 0. The van der Waals surface area contributed by atoms with E-state index in [0.29, 0.717) is 31.3 Å². The maximum Gasteiger partial charge on any atom is 0.223 e. The summed E-state index contributed by atoms with van der Waals surface area (Å²) < 4.78 is 25.6. The molecule has 5 fully saturated rings. The molecule has 4 saturated carbocycles. The summed E-state index contributed by atoms with van der Waals surface area (Å²) in [6.45, 7) is 1.19. The third-order valence-corrected chi connectivity index (χ3v) is 7.59. The molecule has 1 aliphatic heterocycles. The number of sulfonamides is 1. The Kier molecular flexibility index (Phi) is 4.20. The van der Waals surface area contributed by atoms with E-state index < -0.39 is 15.6 Å². The Hall–Kier alpha value is -0.660. The molecule has 0 radical (unpaired) electrons. The van der Waals surface area contributed by atoms with Crippen LogP contribution >= 0.6 is 0 Å².